The molecule has 16 heteroatoms. The van der Waals surface area contributed by atoms with Gasteiger partial charge in [-0.25, -0.2) is 14.6 Å². The quantitative estimate of drug-likeness (QED) is 0.0183. The van der Waals surface area contributed by atoms with Crippen LogP contribution in [0.1, 0.15) is 73.2 Å². The van der Waals surface area contributed by atoms with Crippen LogP contribution in [0.4, 0.5) is 5.13 Å². The average Bonchev–Trinajstić information content (AvgIpc) is 4.03. The number of oxime groups is 1. The molecule has 9 rings (SSSR count). The van der Waals surface area contributed by atoms with Gasteiger partial charge in [-0.1, -0.05) is 179 Å². The highest BCUT2D eigenvalue weighted by atomic mass is 127. The van der Waals surface area contributed by atoms with E-state index in [1.165, 1.54) is 16.2 Å². The van der Waals surface area contributed by atoms with Gasteiger partial charge in [0, 0.05) is 22.6 Å². The van der Waals surface area contributed by atoms with E-state index in [2.05, 4.69) is 38.4 Å². The molecule has 2 N–H and O–H groups in total. The Morgan fingerprint density at radius 2 is 1.33 bits per heavy atom. The SMILES string of the molecule is CC(C)(C)OC(=O)C1(O/N=C(\C(=O)NC2C(=O)N3C(C(=O)OC(c4ccccc4)c4ccccc4)=C(CI)CS(=O)[C@H]23)c2csc(NC(c3ccccc3)(c3ccccc3)c3ccccc3)n2)CC1. The molecule has 1 saturated carbocycles. The first-order valence-electron chi connectivity index (χ1n) is 22.3. The number of carbonyl (C=O) groups excluding carboxylic acids is 4. The van der Waals surface area contributed by atoms with Gasteiger partial charge in [0.05, 0.1) is 16.6 Å². The van der Waals surface area contributed by atoms with Crippen molar-refractivity contribution < 1.29 is 37.7 Å². The van der Waals surface area contributed by atoms with Gasteiger partial charge in [-0.05, 0) is 54.2 Å². The minimum atomic E-state index is -1.73. The molecule has 0 spiro atoms. The second-order valence-corrected chi connectivity index (χ2v) is 21.0. The van der Waals surface area contributed by atoms with Crippen molar-refractivity contribution in [1.82, 2.24) is 15.2 Å². The van der Waals surface area contributed by atoms with E-state index < -0.39 is 68.8 Å². The summed E-state index contributed by atoms with van der Waals surface area (Å²) in [6.45, 7) is 5.24. The third-order valence-electron chi connectivity index (χ3n) is 11.9. The van der Waals surface area contributed by atoms with Crippen molar-refractivity contribution in [3.8, 4) is 0 Å². The number of nitrogens with one attached hydrogen (secondary N) is 2. The number of halogens is 1. The van der Waals surface area contributed by atoms with E-state index in [9.17, 15) is 23.4 Å². The molecule has 0 bridgehead atoms. The van der Waals surface area contributed by atoms with E-state index in [1.54, 1.807) is 26.2 Å². The maximum atomic E-state index is 14.7. The zero-order valence-corrected chi connectivity index (χ0v) is 41.7. The summed E-state index contributed by atoms with van der Waals surface area (Å²) in [5.74, 6) is -2.93. The number of nitrogens with zero attached hydrogens (tertiary/aromatic N) is 3. The summed E-state index contributed by atoms with van der Waals surface area (Å²) in [5.41, 5.74) is 1.27. The first kappa shape index (κ1) is 47.6. The Hall–Kier alpha value is -6.50. The molecule has 352 valence electrons. The summed E-state index contributed by atoms with van der Waals surface area (Å²) in [6, 6.07) is 47.1. The van der Waals surface area contributed by atoms with Gasteiger partial charge in [0.15, 0.2) is 16.9 Å². The monoisotopic (exact) mass is 1070 g/mol. The molecular formula is C53H48IN5O8S2. The van der Waals surface area contributed by atoms with Crippen LogP contribution in [0.5, 0.6) is 0 Å². The lowest BCUT2D eigenvalue weighted by molar-refractivity contribution is -0.172. The summed E-state index contributed by atoms with van der Waals surface area (Å²) in [5, 5.41) is 11.7. The molecule has 2 unspecified atom stereocenters. The Morgan fingerprint density at radius 3 is 1.81 bits per heavy atom. The fraction of sp³-hybridized carbons (Fsp3) is 0.245. The summed E-state index contributed by atoms with van der Waals surface area (Å²) in [4.78, 5) is 68.8. The Balaban J connectivity index is 1.03. The lowest BCUT2D eigenvalue weighted by atomic mass is 9.77. The van der Waals surface area contributed by atoms with Crippen LogP contribution < -0.4 is 10.6 Å². The number of benzene rings is 5. The Labute approximate surface area is 420 Å². The highest BCUT2D eigenvalue weighted by Gasteiger charge is 2.59. The van der Waals surface area contributed by atoms with E-state index in [0.29, 0.717) is 28.0 Å². The minimum absolute atomic E-state index is 0.000528. The van der Waals surface area contributed by atoms with Crippen molar-refractivity contribution >= 4 is 79.3 Å². The number of alkyl halides is 1. The van der Waals surface area contributed by atoms with Crippen LogP contribution in [0.25, 0.3) is 0 Å². The van der Waals surface area contributed by atoms with Gasteiger partial charge in [-0.3, -0.25) is 18.7 Å². The van der Waals surface area contributed by atoms with Crippen LogP contribution in [0.3, 0.4) is 0 Å². The molecule has 2 aliphatic heterocycles. The molecule has 69 heavy (non-hydrogen) atoms. The van der Waals surface area contributed by atoms with Gasteiger partial charge in [0.1, 0.15) is 33.9 Å². The van der Waals surface area contributed by atoms with Gasteiger partial charge in [-0.2, -0.15) is 0 Å². The number of hydrogen-bond donors (Lipinski definition) is 2. The van der Waals surface area contributed by atoms with Gasteiger partial charge in [-0.15, -0.1) is 11.3 Å². The first-order valence-corrected chi connectivity index (χ1v) is 26.1. The fourth-order valence-electron chi connectivity index (χ4n) is 8.44. The lowest BCUT2D eigenvalue weighted by Crippen LogP contribution is -2.74. The van der Waals surface area contributed by atoms with Gasteiger partial charge >= 0.3 is 11.9 Å². The molecule has 0 radical (unpaired) electrons. The number of ether oxygens (including phenoxy) is 2. The van der Waals surface area contributed by atoms with E-state index in [4.69, 9.17) is 19.3 Å². The summed E-state index contributed by atoms with van der Waals surface area (Å²) in [7, 11) is -1.73. The molecule has 6 aromatic rings. The Kier molecular flexibility index (Phi) is 13.7. The van der Waals surface area contributed by atoms with Crippen LogP contribution in [0, 0.1) is 0 Å². The van der Waals surface area contributed by atoms with Crippen molar-refractivity contribution in [1.29, 1.82) is 0 Å². The molecule has 1 aromatic heterocycles. The maximum absolute atomic E-state index is 14.7. The van der Waals surface area contributed by atoms with Crippen molar-refractivity contribution in [3.05, 3.63) is 202 Å². The second kappa shape index (κ2) is 19.8. The first-order chi connectivity index (χ1) is 33.3. The Morgan fingerprint density at radius 1 is 0.826 bits per heavy atom. The zero-order valence-electron chi connectivity index (χ0n) is 37.9. The highest BCUT2D eigenvalue weighted by Crippen LogP contribution is 2.44. The topological polar surface area (TPSA) is 166 Å². The number of esters is 2. The van der Waals surface area contributed by atoms with Gasteiger partial charge in [0.25, 0.3) is 11.8 Å². The van der Waals surface area contributed by atoms with Crippen LogP contribution in [0.2, 0.25) is 0 Å². The standard InChI is InChI=1S/C53H48IN5O8S2/c1-51(2,3)66-49(63)52(29-30-52)67-58-41(40-32-68-50(55-40)57-53(37-23-13-6-14-24-37,38-25-15-7-16-26-38)39-27-17-8-18-28-39)45(60)56-42-46(61)59-43(36(31-54)33-69(64)47(42)59)48(62)65-44(34-19-9-4-10-20-34)35-21-11-5-12-22-35/h4-28,32,42,44,47H,29-31,33H2,1-3H3,(H,55,57)(H,56,60)/b58-41-/t42?,47-,69?/m1/s1. The van der Waals surface area contributed by atoms with Crippen LogP contribution in [-0.2, 0) is 49.8 Å². The number of anilines is 1. The largest absolute Gasteiger partial charge is 0.457 e. The smallest absolute Gasteiger partial charge is 0.356 e. The molecule has 3 aliphatic rings. The summed E-state index contributed by atoms with van der Waals surface area (Å²) >= 11 is 3.30. The average molecular weight is 1070 g/mol. The van der Waals surface area contributed by atoms with Crippen LogP contribution >= 0.6 is 33.9 Å². The fourth-order valence-corrected chi connectivity index (χ4v) is 11.9. The van der Waals surface area contributed by atoms with Crippen LogP contribution in [-0.4, -0.2) is 76.4 Å². The van der Waals surface area contributed by atoms with E-state index in [0.717, 1.165) is 27.8 Å². The molecule has 3 heterocycles. The number of fused-ring (bicyclic) bond motifs is 1. The molecule has 13 nitrogen and oxygen atoms in total. The highest BCUT2D eigenvalue weighted by molar-refractivity contribution is 14.1. The molecular weight excluding hydrogens is 1030 g/mol. The molecule has 1 aliphatic carbocycles. The third-order valence-corrected chi connectivity index (χ3v) is 15.3. The Bertz CT molecular complexity index is 2810. The molecule has 5 aromatic carbocycles. The number of aromatic nitrogens is 1. The number of hydrogen-bond acceptors (Lipinski definition) is 12. The number of amides is 2. The number of thiazole rings is 1. The van der Waals surface area contributed by atoms with Crippen LogP contribution in [0.15, 0.2) is 173 Å². The lowest BCUT2D eigenvalue weighted by Gasteiger charge is -2.49. The molecule has 2 fully saturated rings. The van der Waals surface area contributed by atoms with E-state index >= 15 is 0 Å². The van der Waals surface area contributed by atoms with Crippen molar-refractivity contribution in [2.45, 2.75) is 67.9 Å². The predicted molar refractivity (Wildman–Crippen MR) is 273 cm³/mol. The van der Waals surface area contributed by atoms with Crippen molar-refractivity contribution in [3.63, 3.8) is 0 Å². The van der Waals surface area contributed by atoms with Crippen molar-refractivity contribution in [2.24, 2.45) is 5.16 Å². The maximum Gasteiger partial charge on any atom is 0.356 e. The normalized spacial score (nSPS) is 18.7. The predicted octanol–water partition coefficient (Wildman–Crippen LogP) is 8.58. The van der Waals surface area contributed by atoms with E-state index in [1.807, 2.05) is 152 Å². The second-order valence-electron chi connectivity index (χ2n) is 17.8. The van der Waals surface area contributed by atoms with Gasteiger partial charge < -0.3 is 24.9 Å². The zero-order chi connectivity index (χ0) is 48.3. The van der Waals surface area contributed by atoms with Crippen molar-refractivity contribution in [2.75, 3.05) is 15.5 Å². The summed E-state index contributed by atoms with van der Waals surface area (Å²) in [6.07, 6.45) is -0.200. The third kappa shape index (κ3) is 9.74. The molecule has 3 atom stereocenters. The number of β-lactam (4-membered cyclic amide) rings is 1. The minimum Gasteiger partial charge on any atom is -0.457 e. The number of carbonyl (C=O) groups is 4. The molecule has 2 amide bonds. The summed E-state index contributed by atoms with van der Waals surface area (Å²) < 4.78 is 26.2. The van der Waals surface area contributed by atoms with E-state index in [-0.39, 0.29) is 22.9 Å². The number of rotatable bonds is 16. The molecule has 1 saturated heterocycles. The van der Waals surface area contributed by atoms with Gasteiger partial charge in [0.2, 0.25) is 5.60 Å².